The van der Waals surface area contributed by atoms with Crippen LogP contribution in [0.1, 0.15) is 5.56 Å². The standard InChI is InChI=1S/C15H14BrNO2/c1-2-8-17-11-13(10-16)19-15(18)14(17)9-12-6-4-3-5-7-12/h1,3-7,10,14H,8-9,11H2/b13-10+/t14-/m0/s1. The van der Waals surface area contributed by atoms with Crippen LogP contribution < -0.4 is 0 Å². The lowest BCUT2D eigenvalue weighted by atomic mass is 10.0. The van der Waals surface area contributed by atoms with Crippen LogP contribution in [0.5, 0.6) is 0 Å². The lowest BCUT2D eigenvalue weighted by molar-refractivity contribution is -0.150. The van der Waals surface area contributed by atoms with Crippen molar-refractivity contribution >= 4 is 21.9 Å². The number of hydrogen-bond acceptors (Lipinski definition) is 3. The van der Waals surface area contributed by atoms with Gasteiger partial charge in [-0.1, -0.05) is 52.2 Å². The molecule has 1 saturated heterocycles. The van der Waals surface area contributed by atoms with E-state index in [1.165, 1.54) is 0 Å². The van der Waals surface area contributed by atoms with Crippen molar-refractivity contribution in [1.29, 1.82) is 0 Å². The molecule has 0 spiro atoms. The van der Waals surface area contributed by atoms with Gasteiger partial charge in [0.15, 0.2) is 0 Å². The molecule has 98 valence electrons. The summed E-state index contributed by atoms with van der Waals surface area (Å²) < 4.78 is 5.26. The monoisotopic (exact) mass is 319 g/mol. The van der Waals surface area contributed by atoms with Crippen LogP contribution in [-0.4, -0.2) is 30.0 Å². The largest absolute Gasteiger partial charge is 0.428 e. The zero-order valence-electron chi connectivity index (χ0n) is 10.4. The summed E-state index contributed by atoms with van der Waals surface area (Å²) in [7, 11) is 0. The van der Waals surface area contributed by atoms with Gasteiger partial charge in [-0.25, -0.2) is 4.79 Å². The van der Waals surface area contributed by atoms with E-state index in [-0.39, 0.29) is 12.0 Å². The third kappa shape index (κ3) is 3.46. The van der Waals surface area contributed by atoms with E-state index in [1.54, 1.807) is 4.99 Å². The van der Waals surface area contributed by atoms with Crippen LogP contribution in [0.25, 0.3) is 0 Å². The Morgan fingerprint density at radius 3 is 2.84 bits per heavy atom. The Bertz CT molecular complexity index is 519. The van der Waals surface area contributed by atoms with Crippen LogP contribution in [0.4, 0.5) is 0 Å². The fourth-order valence-corrected chi connectivity index (χ4v) is 2.32. The van der Waals surface area contributed by atoms with Crippen LogP contribution in [0, 0.1) is 12.3 Å². The van der Waals surface area contributed by atoms with Gasteiger partial charge in [0.25, 0.3) is 0 Å². The molecule has 0 bridgehead atoms. The third-order valence-corrected chi connectivity index (χ3v) is 3.50. The summed E-state index contributed by atoms with van der Waals surface area (Å²) in [6.07, 6.45) is 5.98. The van der Waals surface area contributed by atoms with Gasteiger partial charge in [0.1, 0.15) is 11.8 Å². The number of nitrogens with zero attached hydrogens (tertiary/aromatic N) is 1. The molecular weight excluding hydrogens is 306 g/mol. The molecule has 1 heterocycles. The molecule has 1 aliphatic heterocycles. The van der Waals surface area contributed by atoms with Crippen LogP contribution in [0.3, 0.4) is 0 Å². The number of terminal acetylenes is 1. The molecule has 1 fully saturated rings. The van der Waals surface area contributed by atoms with Gasteiger partial charge in [0.2, 0.25) is 0 Å². The first kappa shape index (κ1) is 13.9. The summed E-state index contributed by atoms with van der Waals surface area (Å²) in [6.45, 7) is 0.968. The van der Waals surface area contributed by atoms with Gasteiger partial charge in [-0.15, -0.1) is 6.42 Å². The summed E-state index contributed by atoms with van der Waals surface area (Å²) in [6, 6.07) is 9.54. The number of benzene rings is 1. The van der Waals surface area contributed by atoms with Gasteiger partial charge in [-0.2, -0.15) is 0 Å². The Hall–Kier alpha value is -1.57. The average Bonchev–Trinajstić information content (AvgIpc) is 2.43. The van der Waals surface area contributed by atoms with Crippen molar-refractivity contribution in [2.24, 2.45) is 0 Å². The van der Waals surface area contributed by atoms with E-state index in [4.69, 9.17) is 11.2 Å². The Balaban J connectivity index is 2.16. The Labute approximate surface area is 121 Å². The minimum Gasteiger partial charge on any atom is -0.428 e. The average molecular weight is 320 g/mol. The molecule has 0 N–H and O–H groups in total. The highest BCUT2D eigenvalue weighted by Crippen LogP contribution is 2.20. The van der Waals surface area contributed by atoms with Crippen LogP contribution in [-0.2, 0) is 16.0 Å². The molecule has 19 heavy (non-hydrogen) atoms. The predicted molar refractivity (Wildman–Crippen MR) is 77.4 cm³/mol. The molecule has 1 atom stereocenters. The highest BCUT2D eigenvalue weighted by Gasteiger charge is 2.33. The molecule has 4 heteroatoms. The van der Waals surface area contributed by atoms with E-state index < -0.39 is 0 Å². The number of ether oxygens (including phenoxy) is 1. The summed E-state index contributed by atoms with van der Waals surface area (Å²) in [5.41, 5.74) is 1.10. The van der Waals surface area contributed by atoms with E-state index in [0.717, 1.165) is 5.56 Å². The van der Waals surface area contributed by atoms with Crippen molar-refractivity contribution in [2.75, 3.05) is 13.1 Å². The smallest absolute Gasteiger partial charge is 0.328 e. The van der Waals surface area contributed by atoms with Crippen molar-refractivity contribution in [3.63, 3.8) is 0 Å². The van der Waals surface area contributed by atoms with Gasteiger partial charge in [0.05, 0.1) is 13.1 Å². The summed E-state index contributed by atoms with van der Waals surface area (Å²) in [5, 5.41) is 0. The third-order valence-electron chi connectivity index (χ3n) is 2.99. The van der Waals surface area contributed by atoms with Crippen molar-refractivity contribution in [3.05, 3.63) is 46.6 Å². The molecule has 0 unspecified atom stereocenters. The maximum absolute atomic E-state index is 12.1. The highest BCUT2D eigenvalue weighted by molar-refractivity contribution is 9.11. The fourth-order valence-electron chi connectivity index (χ4n) is 2.08. The van der Waals surface area contributed by atoms with Gasteiger partial charge in [-0.05, 0) is 12.0 Å². The Morgan fingerprint density at radius 1 is 1.47 bits per heavy atom. The van der Waals surface area contributed by atoms with Crippen molar-refractivity contribution in [3.8, 4) is 12.3 Å². The maximum atomic E-state index is 12.1. The number of rotatable bonds is 3. The van der Waals surface area contributed by atoms with E-state index in [9.17, 15) is 4.79 Å². The first-order valence-corrected chi connectivity index (χ1v) is 6.88. The van der Waals surface area contributed by atoms with Gasteiger partial charge >= 0.3 is 5.97 Å². The summed E-state index contributed by atoms with van der Waals surface area (Å²) in [5.74, 6) is 2.93. The van der Waals surface area contributed by atoms with Crippen LogP contribution >= 0.6 is 15.9 Å². The van der Waals surface area contributed by atoms with E-state index >= 15 is 0 Å². The molecule has 1 aliphatic rings. The minimum atomic E-state index is -0.324. The Morgan fingerprint density at radius 2 is 2.21 bits per heavy atom. The second kappa shape index (κ2) is 6.55. The molecule has 0 amide bonds. The first-order chi connectivity index (χ1) is 9.24. The minimum absolute atomic E-state index is 0.254. The molecular formula is C15H14BrNO2. The van der Waals surface area contributed by atoms with Crippen LogP contribution in [0.2, 0.25) is 0 Å². The van der Waals surface area contributed by atoms with Crippen molar-refractivity contribution in [1.82, 2.24) is 4.90 Å². The second-order valence-corrected chi connectivity index (χ2v) is 4.77. The number of cyclic esters (lactones) is 1. The number of halogens is 1. The second-order valence-electron chi connectivity index (χ2n) is 4.31. The van der Waals surface area contributed by atoms with Gasteiger partial charge in [0, 0.05) is 4.99 Å². The molecule has 1 aromatic rings. The zero-order chi connectivity index (χ0) is 13.7. The van der Waals surface area contributed by atoms with E-state index in [0.29, 0.717) is 25.3 Å². The predicted octanol–water partition coefficient (Wildman–Crippen LogP) is 2.33. The first-order valence-electron chi connectivity index (χ1n) is 5.97. The normalized spacial score (nSPS) is 22.0. The number of esters is 1. The quantitative estimate of drug-likeness (QED) is 0.632. The summed E-state index contributed by atoms with van der Waals surface area (Å²) >= 11 is 3.19. The van der Waals surface area contributed by atoms with Crippen LogP contribution in [0.15, 0.2) is 41.1 Å². The lowest BCUT2D eigenvalue weighted by Gasteiger charge is -2.33. The topological polar surface area (TPSA) is 29.5 Å². The lowest BCUT2D eigenvalue weighted by Crippen LogP contribution is -2.49. The van der Waals surface area contributed by atoms with E-state index in [1.807, 2.05) is 35.2 Å². The van der Waals surface area contributed by atoms with Crippen molar-refractivity contribution in [2.45, 2.75) is 12.5 Å². The zero-order valence-corrected chi connectivity index (χ0v) is 12.0. The SMILES string of the molecule is C#CCN1C/C(=C\Br)OC(=O)[C@@H]1Cc1ccccc1. The number of morpholine rings is 1. The number of hydrogen-bond donors (Lipinski definition) is 0. The molecule has 0 aromatic heterocycles. The van der Waals surface area contributed by atoms with Crippen molar-refractivity contribution < 1.29 is 9.53 Å². The van der Waals surface area contributed by atoms with E-state index in [2.05, 4.69) is 21.9 Å². The fraction of sp³-hybridized carbons (Fsp3) is 0.267. The molecule has 3 nitrogen and oxygen atoms in total. The summed E-state index contributed by atoms with van der Waals surface area (Å²) in [4.78, 5) is 15.6. The molecule has 2 rings (SSSR count). The molecule has 0 radical (unpaired) electrons. The number of carbonyl (C=O) groups is 1. The highest BCUT2D eigenvalue weighted by atomic mass is 79.9. The Kier molecular flexibility index (Phi) is 4.78. The maximum Gasteiger partial charge on any atom is 0.328 e. The van der Waals surface area contributed by atoms with Gasteiger partial charge in [-0.3, -0.25) is 4.90 Å². The molecule has 1 aromatic carbocycles. The number of carbonyl (C=O) groups excluding carboxylic acids is 1. The van der Waals surface area contributed by atoms with Gasteiger partial charge < -0.3 is 4.74 Å². The molecule has 0 saturated carbocycles. The molecule has 0 aliphatic carbocycles.